The molecule has 18 heavy (non-hydrogen) atoms. The number of anilines is 1. The van der Waals surface area contributed by atoms with E-state index in [1.165, 1.54) is 0 Å². The van der Waals surface area contributed by atoms with Gasteiger partial charge in [-0.2, -0.15) is 22.5 Å². The minimum absolute atomic E-state index is 0.271. The Morgan fingerprint density at radius 1 is 1.33 bits per heavy atom. The fourth-order valence-electron chi connectivity index (χ4n) is 2.75. The minimum atomic E-state index is -4.45. The molecule has 3 rings (SSSR count). The molecule has 1 N–H and O–H groups in total. The smallest absolute Gasteiger partial charge is 0.342 e. The Balaban J connectivity index is 1.83. The van der Waals surface area contributed by atoms with E-state index in [1.807, 2.05) is 4.90 Å². The summed E-state index contributed by atoms with van der Waals surface area (Å²) in [6, 6.07) is 0.271. The van der Waals surface area contributed by atoms with Crippen LogP contribution in [0.1, 0.15) is 18.7 Å². The van der Waals surface area contributed by atoms with Crippen LogP contribution in [0.3, 0.4) is 0 Å². The van der Waals surface area contributed by atoms with Crippen LogP contribution in [-0.2, 0) is 6.18 Å². The first-order valence-electron chi connectivity index (χ1n) is 5.94. The molecular weight excluding hydrogens is 265 g/mol. The molecule has 2 aliphatic heterocycles. The zero-order valence-corrected chi connectivity index (χ0v) is 10.4. The number of halogens is 3. The Hall–Kier alpha value is -0.890. The maximum Gasteiger partial charge on any atom is 0.452 e. The molecule has 0 spiro atoms. The first kappa shape index (κ1) is 12.2. The third kappa shape index (κ3) is 2.07. The predicted octanol–water partition coefficient (Wildman–Crippen LogP) is 1.75. The number of fused-ring (bicyclic) bond motifs is 1. The quantitative estimate of drug-likeness (QED) is 0.849. The van der Waals surface area contributed by atoms with Gasteiger partial charge in [-0.25, -0.2) is 0 Å². The number of rotatable bonds is 1. The summed E-state index contributed by atoms with van der Waals surface area (Å²) >= 11 is 0.849. The molecule has 2 unspecified atom stereocenters. The lowest BCUT2D eigenvalue weighted by molar-refractivity contribution is -0.144. The lowest BCUT2D eigenvalue weighted by atomic mass is 9.92. The number of nitrogens with zero attached hydrogens (tertiary/aromatic N) is 3. The van der Waals surface area contributed by atoms with E-state index < -0.39 is 12.0 Å². The van der Waals surface area contributed by atoms with E-state index in [0.29, 0.717) is 11.0 Å². The van der Waals surface area contributed by atoms with Crippen LogP contribution >= 0.6 is 11.5 Å². The monoisotopic (exact) mass is 278 g/mol. The van der Waals surface area contributed by atoms with Crippen LogP contribution in [0.2, 0.25) is 0 Å². The molecule has 3 heterocycles. The fourth-order valence-corrected chi connectivity index (χ4v) is 3.52. The van der Waals surface area contributed by atoms with Gasteiger partial charge in [0.1, 0.15) is 0 Å². The zero-order valence-electron chi connectivity index (χ0n) is 9.57. The van der Waals surface area contributed by atoms with Gasteiger partial charge in [0.2, 0.25) is 11.0 Å². The molecule has 0 bridgehead atoms. The number of alkyl halides is 3. The summed E-state index contributed by atoms with van der Waals surface area (Å²) in [5.74, 6) is -0.493. The largest absolute Gasteiger partial charge is 0.452 e. The van der Waals surface area contributed by atoms with Crippen molar-refractivity contribution in [3.8, 4) is 0 Å². The van der Waals surface area contributed by atoms with E-state index in [4.69, 9.17) is 0 Å². The van der Waals surface area contributed by atoms with Crippen molar-refractivity contribution in [1.29, 1.82) is 0 Å². The maximum absolute atomic E-state index is 12.5. The second-order valence-corrected chi connectivity index (χ2v) is 5.45. The number of hydrogen-bond acceptors (Lipinski definition) is 5. The Bertz CT molecular complexity index is 433. The van der Waals surface area contributed by atoms with Crippen LogP contribution in [0.4, 0.5) is 18.3 Å². The Morgan fingerprint density at radius 3 is 2.89 bits per heavy atom. The average molecular weight is 278 g/mol. The predicted molar refractivity (Wildman–Crippen MR) is 61.6 cm³/mol. The minimum Gasteiger partial charge on any atom is -0.342 e. The second-order valence-electron chi connectivity index (χ2n) is 4.72. The lowest BCUT2D eigenvalue weighted by Crippen LogP contribution is -2.45. The summed E-state index contributed by atoms with van der Waals surface area (Å²) in [4.78, 5) is 5.63. The number of nitrogens with one attached hydrogen (secondary N) is 1. The SMILES string of the molecule is FC(F)(F)c1nsc(N2CCCC3CNCC32)n1. The van der Waals surface area contributed by atoms with Crippen molar-refractivity contribution in [3.63, 3.8) is 0 Å². The van der Waals surface area contributed by atoms with Crippen molar-refractivity contribution >= 4 is 16.7 Å². The molecule has 2 aliphatic rings. The summed E-state index contributed by atoms with van der Waals surface area (Å²) in [5, 5.41) is 3.70. The van der Waals surface area contributed by atoms with Gasteiger partial charge in [0.25, 0.3) is 0 Å². The first-order valence-corrected chi connectivity index (χ1v) is 6.71. The third-order valence-corrected chi connectivity index (χ3v) is 4.35. The molecule has 4 nitrogen and oxygen atoms in total. The molecule has 0 saturated carbocycles. The van der Waals surface area contributed by atoms with E-state index >= 15 is 0 Å². The summed E-state index contributed by atoms with van der Waals surface area (Å²) < 4.78 is 40.9. The van der Waals surface area contributed by atoms with Gasteiger partial charge < -0.3 is 10.2 Å². The molecule has 2 atom stereocenters. The van der Waals surface area contributed by atoms with E-state index in [0.717, 1.165) is 44.0 Å². The Labute approximate surface area is 106 Å². The highest BCUT2D eigenvalue weighted by molar-refractivity contribution is 7.09. The molecule has 0 aromatic carbocycles. The van der Waals surface area contributed by atoms with Gasteiger partial charge >= 0.3 is 6.18 Å². The number of piperidine rings is 1. The van der Waals surface area contributed by atoms with Gasteiger partial charge in [-0.15, -0.1) is 0 Å². The zero-order chi connectivity index (χ0) is 12.8. The Kier molecular flexibility index (Phi) is 2.93. The maximum atomic E-state index is 12.5. The van der Waals surface area contributed by atoms with Crippen LogP contribution < -0.4 is 10.2 Å². The molecule has 100 valence electrons. The standard InChI is InChI=1S/C10H13F3N4S/c11-10(12,13)8-15-9(18-16-8)17-3-1-2-6-4-14-5-7(6)17/h6-7,14H,1-5H2. The fraction of sp³-hybridized carbons (Fsp3) is 0.800. The molecular formula is C10H13F3N4S. The van der Waals surface area contributed by atoms with Crippen molar-refractivity contribution in [3.05, 3.63) is 5.82 Å². The molecule has 2 saturated heterocycles. The van der Waals surface area contributed by atoms with Crippen molar-refractivity contribution in [1.82, 2.24) is 14.7 Å². The van der Waals surface area contributed by atoms with Gasteiger partial charge in [-0.3, -0.25) is 0 Å². The van der Waals surface area contributed by atoms with Crippen LogP contribution in [0.25, 0.3) is 0 Å². The van der Waals surface area contributed by atoms with Gasteiger partial charge in [-0.1, -0.05) is 0 Å². The van der Waals surface area contributed by atoms with Crippen molar-refractivity contribution < 1.29 is 13.2 Å². The highest BCUT2D eigenvalue weighted by Crippen LogP contribution is 2.34. The van der Waals surface area contributed by atoms with Gasteiger partial charge in [0.05, 0.1) is 0 Å². The van der Waals surface area contributed by atoms with E-state index in [2.05, 4.69) is 14.7 Å². The topological polar surface area (TPSA) is 41.1 Å². The summed E-state index contributed by atoms with van der Waals surface area (Å²) in [5.41, 5.74) is 0. The highest BCUT2D eigenvalue weighted by atomic mass is 32.1. The van der Waals surface area contributed by atoms with Crippen molar-refractivity contribution in [2.24, 2.45) is 5.92 Å². The van der Waals surface area contributed by atoms with E-state index in [9.17, 15) is 13.2 Å². The molecule has 0 radical (unpaired) electrons. The molecule has 0 aliphatic carbocycles. The molecule has 0 amide bonds. The molecule has 2 fully saturated rings. The van der Waals surface area contributed by atoms with Crippen LogP contribution in [0.15, 0.2) is 0 Å². The first-order chi connectivity index (χ1) is 8.55. The van der Waals surface area contributed by atoms with Crippen LogP contribution in [-0.4, -0.2) is 35.0 Å². The van der Waals surface area contributed by atoms with Gasteiger partial charge in [0, 0.05) is 37.2 Å². The van der Waals surface area contributed by atoms with Crippen molar-refractivity contribution in [2.45, 2.75) is 25.1 Å². The van der Waals surface area contributed by atoms with Gasteiger partial charge in [0.15, 0.2) is 0 Å². The van der Waals surface area contributed by atoms with E-state index in [1.54, 1.807) is 0 Å². The number of hydrogen-bond donors (Lipinski definition) is 1. The highest BCUT2D eigenvalue weighted by Gasteiger charge is 2.40. The summed E-state index contributed by atoms with van der Waals surface area (Å²) in [6.45, 7) is 2.55. The van der Waals surface area contributed by atoms with Crippen LogP contribution in [0.5, 0.6) is 0 Å². The van der Waals surface area contributed by atoms with E-state index in [-0.39, 0.29) is 6.04 Å². The normalized spacial score (nSPS) is 28.5. The summed E-state index contributed by atoms with van der Waals surface area (Å²) in [7, 11) is 0. The molecule has 1 aromatic heterocycles. The average Bonchev–Trinajstić information content (AvgIpc) is 2.96. The lowest BCUT2D eigenvalue weighted by Gasteiger charge is -2.36. The van der Waals surface area contributed by atoms with Gasteiger partial charge in [-0.05, 0) is 18.8 Å². The Morgan fingerprint density at radius 2 is 2.17 bits per heavy atom. The molecule has 8 heteroatoms. The number of aromatic nitrogens is 2. The van der Waals surface area contributed by atoms with Crippen molar-refractivity contribution in [2.75, 3.05) is 24.5 Å². The second kappa shape index (κ2) is 4.34. The molecule has 1 aromatic rings. The third-order valence-electron chi connectivity index (χ3n) is 3.59. The van der Waals surface area contributed by atoms with Crippen LogP contribution in [0, 0.1) is 5.92 Å². The summed E-state index contributed by atoms with van der Waals surface area (Å²) in [6.07, 6.45) is -2.30.